The smallest absolute Gasteiger partial charge is 0.191 e. The topological polar surface area (TPSA) is 61.5 Å². The van der Waals surface area contributed by atoms with Gasteiger partial charge in [0.25, 0.3) is 0 Å². The highest BCUT2D eigenvalue weighted by molar-refractivity contribution is 7.99. The van der Waals surface area contributed by atoms with Crippen LogP contribution in [0.3, 0.4) is 0 Å². The minimum Gasteiger partial charge on any atom is -0.383 e. The molecule has 7 heteroatoms. The first-order chi connectivity index (χ1) is 11.7. The average Bonchev–Trinajstić information content (AvgIpc) is 3.05. The van der Waals surface area contributed by atoms with Crippen LogP contribution in [0.25, 0.3) is 0 Å². The molecule has 0 radical (unpaired) electrons. The van der Waals surface area contributed by atoms with Crippen LogP contribution in [0.15, 0.2) is 11.2 Å². The fraction of sp³-hybridized carbons (Fsp3) is 0.765. The molecule has 2 saturated heterocycles. The van der Waals surface area contributed by atoms with Gasteiger partial charge in [0.1, 0.15) is 11.6 Å². The van der Waals surface area contributed by atoms with E-state index in [1.165, 1.54) is 45.4 Å². The molecule has 6 nitrogen and oxygen atoms in total. The molecule has 2 aliphatic rings. The van der Waals surface area contributed by atoms with Gasteiger partial charge in [0.15, 0.2) is 5.16 Å². The van der Waals surface area contributed by atoms with Gasteiger partial charge in [0.2, 0.25) is 0 Å². The molecule has 134 valence electrons. The van der Waals surface area contributed by atoms with Gasteiger partial charge in [-0.05, 0) is 19.9 Å². The van der Waals surface area contributed by atoms with Gasteiger partial charge >= 0.3 is 0 Å². The van der Waals surface area contributed by atoms with Crippen LogP contribution in [-0.4, -0.2) is 77.9 Å². The molecular formula is C17H30N6S. The van der Waals surface area contributed by atoms with E-state index in [4.69, 9.17) is 10.7 Å². The third-order valence-corrected chi connectivity index (χ3v) is 5.92. The molecule has 0 spiro atoms. The van der Waals surface area contributed by atoms with Gasteiger partial charge in [-0.1, -0.05) is 25.1 Å². The lowest BCUT2D eigenvalue weighted by Gasteiger charge is -2.36. The van der Waals surface area contributed by atoms with Crippen LogP contribution >= 0.6 is 11.8 Å². The zero-order valence-corrected chi connectivity index (χ0v) is 15.8. The van der Waals surface area contributed by atoms with Crippen LogP contribution in [-0.2, 0) is 0 Å². The highest BCUT2D eigenvalue weighted by Crippen LogP contribution is 2.26. The van der Waals surface area contributed by atoms with Crippen molar-refractivity contribution in [1.29, 1.82) is 0 Å². The molecule has 1 aromatic heterocycles. The maximum absolute atomic E-state index is 6.02. The number of anilines is 2. The zero-order valence-electron chi connectivity index (χ0n) is 14.9. The number of nitrogens with zero attached hydrogens (tertiary/aromatic N) is 5. The van der Waals surface area contributed by atoms with Gasteiger partial charge in [-0.25, -0.2) is 9.97 Å². The summed E-state index contributed by atoms with van der Waals surface area (Å²) >= 11 is 1.72. The highest BCUT2D eigenvalue weighted by Gasteiger charge is 2.30. The second-order valence-electron chi connectivity index (χ2n) is 6.86. The summed E-state index contributed by atoms with van der Waals surface area (Å²) in [6, 6.07) is 2.57. The lowest BCUT2D eigenvalue weighted by atomic mass is 10.2. The Morgan fingerprint density at radius 1 is 1.21 bits per heavy atom. The lowest BCUT2D eigenvalue weighted by Crippen LogP contribution is -2.49. The molecular weight excluding hydrogens is 320 g/mol. The van der Waals surface area contributed by atoms with Crippen molar-refractivity contribution in [3.8, 4) is 0 Å². The van der Waals surface area contributed by atoms with Crippen molar-refractivity contribution in [2.75, 3.05) is 62.7 Å². The summed E-state index contributed by atoms with van der Waals surface area (Å²) < 4.78 is 0. The number of unbranched alkanes of at least 4 members (excludes halogenated alkanes) is 1. The largest absolute Gasteiger partial charge is 0.383 e. The van der Waals surface area contributed by atoms with Crippen molar-refractivity contribution in [3.05, 3.63) is 6.07 Å². The third kappa shape index (κ3) is 4.52. The molecule has 0 unspecified atom stereocenters. The van der Waals surface area contributed by atoms with E-state index < -0.39 is 0 Å². The molecule has 0 aliphatic carbocycles. The summed E-state index contributed by atoms with van der Waals surface area (Å²) in [5.41, 5.74) is 6.02. The van der Waals surface area contributed by atoms with Crippen molar-refractivity contribution < 1.29 is 0 Å². The molecule has 0 saturated carbocycles. The highest BCUT2D eigenvalue weighted by atomic mass is 32.2. The summed E-state index contributed by atoms with van der Waals surface area (Å²) in [7, 11) is 2.21. The van der Waals surface area contributed by atoms with Crippen LogP contribution in [0.4, 0.5) is 11.6 Å². The minimum absolute atomic E-state index is 0.585. The third-order valence-electron chi connectivity index (χ3n) is 4.98. The monoisotopic (exact) mass is 350 g/mol. The van der Waals surface area contributed by atoms with E-state index in [1.54, 1.807) is 11.8 Å². The first kappa shape index (κ1) is 17.8. The van der Waals surface area contributed by atoms with E-state index in [0.29, 0.717) is 11.9 Å². The minimum atomic E-state index is 0.585. The summed E-state index contributed by atoms with van der Waals surface area (Å²) in [6.45, 7) is 9.03. The maximum Gasteiger partial charge on any atom is 0.191 e. The van der Waals surface area contributed by atoms with Crippen molar-refractivity contribution in [3.63, 3.8) is 0 Å². The summed E-state index contributed by atoms with van der Waals surface area (Å²) in [5.74, 6) is 2.64. The van der Waals surface area contributed by atoms with Crippen molar-refractivity contribution >= 4 is 23.4 Å². The van der Waals surface area contributed by atoms with Gasteiger partial charge in [0.05, 0.1) is 0 Å². The summed E-state index contributed by atoms with van der Waals surface area (Å²) in [4.78, 5) is 16.6. The van der Waals surface area contributed by atoms with Gasteiger partial charge in [-0.3, -0.25) is 4.90 Å². The fourth-order valence-corrected chi connectivity index (χ4v) is 4.34. The van der Waals surface area contributed by atoms with Crippen LogP contribution in [0.1, 0.15) is 26.2 Å². The average molecular weight is 351 g/mol. The molecule has 3 rings (SSSR count). The standard InChI is InChI=1S/C17H30N6S/c1-3-4-11-24-17-19-15(18)12-16(20-17)23-6-5-14(13-23)22-9-7-21(2)8-10-22/h12,14H,3-11,13H2,1-2H3,(H2,18,19,20)/t14-/m0/s1. The molecule has 0 bridgehead atoms. The fourth-order valence-electron chi connectivity index (χ4n) is 3.40. The quantitative estimate of drug-likeness (QED) is 0.477. The van der Waals surface area contributed by atoms with Crippen LogP contribution in [0.2, 0.25) is 0 Å². The number of piperazine rings is 1. The number of aromatic nitrogens is 2. The molecule has 1 atom stereocenters. The molecule has 3 heterocycles. The number of thioether (sulfide) groups is 1. The van der Waals surface area contributed by atoms with E-state index in [2.05, 4.69) is 33.7 Å². The van der Waals surface area contributed by atoms with E-state index >= 15 is 0 Å². The summed E-state index contributed by atoms with van der Waals surface area (Å²) in [6.07, 6.45) is 3.60. The number of rotatable bonds is 6. The molecule has 2 N–H and O–H groups in total. The van der Waals surface area contributed by atoms with Gasteiger partial charge in [0, 0.05) is 57.1 Å². The second-order valence-corrected chi connectivity index (χ2v) is 7.93. The SMILES string of the molecule is CCCCSc1nc(N)cc(N2CC[C@H](N3CCN(C)CC3)C2)n1. The van der Waals surface area contributed by atoms with E-state index in [0.717, 1.165) is 29.8 Å². The Bertz CT molecular complexity index is 532. The van der Waals surface area contributed by atoms with Crippen molar-refractivity contribution in [2.24, 2.45) is 0 Å². The zero-order chi connectivity index (χ0) is 16.9. The number of hydrogen-bond acceptors (Lipinski definition) is 7. The van der Waals surface area contributed by atoms with Crippen LogP contribution < -0.4 is 10.6 Å². The number of hydrogen-bond donors (Lipinski definition) is 1. The van der Waals surface area contributed by atoms with Gasteiger partial charge < -0.3 is 15.5 Å². The molecule has 0 amide bonds. The maximum atomic E-state index is 6.02. The van der Waals surface area contributed by atoms with Crippen molar-refractivity contribution in [2.45, 2.75) is 37.4 Å². The van der Waals surface area contributed by atoms with E-state index in [1.807, 2.05) is 6.07 Å². The Labute approximate surface area is 149 Å². The molecule has 0 aromatic carbocycles. The summed E-state index contributed by atoms with van der Waals surface area (Å²) in [5, 5.41) is 0.821. The Morgan fingerprint density at radius 3 is 2.75 bits per heavy atom. The Kier molecular flexibility index (Phi) is 6.19. The molecule has 1 aromatic rings. The number of nitrogens with two attached hydrogens (primary N) is 1. The number of likely N-dealkylation sites (N-methyl/N-ethyl adjacent to an activating group) is 1. The Balaban J connectivity index is 1.60. The van der Waals surface area contributed by atoms with Crippen LogP contribution in [0.5, 0.6) is 0 Å². The first-order valence-electron chi connectivity index (χ1n) is 9.10. The first-order valence-corrected chi connectivity index (χ1v) is 10.1. The van der Waals surface area contributed by atoms with Crippen molar-refractivity contribution in [1.82, 2.24) is 19.8 Å². The van der Waals surface area contributed by atoms with E-state index in [-0.39, 0.29) is 0 Å². The van der Waals surface area contributed by atoms with Gasteiger partial charge in [-0.2, -0.15) is 0 Å². The van der Waals surface area contributed by atoms with Gasteiger partial charge in [-0.15, -0.1) is 0 Å². The predicted octanol–water partition coefficient (Wildman–Crippen LogP) is 1.78. The molecule has 2 fully saturated rings. The predicted molar refractivity (Wildman–Crippen MR) is 102 cm³/mol. The lowest BCUT2D eigenvalue weighted by molar-refractivity contribution is 0.120. The van der Waals surface area contributed by atoms with Crippen LogP contribution in [0, 0.1) is 0 Å². The normalized spacial score (nSPS) is 23.1. The second kappa shape index (κ2) is 8.36. The Hall–Kier alpha value is -1.05. The number of nitrogen functional groups attached to an aromatic ring is 1. The molecule has 2 aliphatic heterocycles. The Morgan fingerprint density at radius 2 is 2.00 bits per heavy atom. The van der Waals surface area contributed by atoms with E-state index in [9.17, 15) is 0 Å². The molecule has 24 heavy (non-hydrogen) atoms.